The maximum absolute atomic E-state index is 6.90. The van der Waals surface area contributed by atoms with E-state index in [4.69, 9.17) is 13.9 Å². The van der Waals surface area contributed by atoms with Gasteiger partial charge >= 0.3 is 0 Å². The second kappa shape index (κ2) is 6.96. The quantitative estimate of drug-likeness (QED) is 0.310. The Labute approximate surface area is 168 Å². The molecule has 27 heavy (non-hydrogen) atoms. The van der Waals surface area contributed by atoms with Gasteiger partial charge in [-0.15, -0.1) is 0 Å². The van der Waals surface area contributed by atoms with Crippen LogP contribution in [0.1, 0.15) is 73.6 Å². The van der Waals surface area contributed by atoms with Crippen LogP contribution in [0.5, 0.6) is 0 Å². The van der Waals surface area contributed by atoms with Crippen LogP contribution in [0.4, 0.5) is 0 Å². The van der Waals surface area contributed by atoms with Gasteiger partial charge in [-0.2, -0.15) is 0 Å². The predicted molar refractivity (Wildman–Crippen MR) is 115 cm³/mol. The highest BCUT2D eigenvalue weighted by Crippen LogP contribution is 2.67. The van der Waals surface area contributed by atoms with Gasteiger partial charge in [0.2, 0.25) is 0 Å². The highest BCUT2D eigenvalue weighted by atomic mass is 28.4. The van der Waals surface area contributed by atoms with Gasteiger partial charge in [-0.3, -0.25) is 0 Å². The Kier molecular flexibility index (Phi) is 5.56. The van der Waals surface area contributed by atoms with Crippen LogP contribution in [0.25, 0.3) is 0 Å². The molecule has 4 heteroatoms. The summed E-state index contributed by atoms with van der Waals surface area (Å²) in [5.74, 6) is 0.453. The van der Waals surface area contributed by atoms with Crippen LogP contribution >= 0.6 is 0 Å². The SMILES string of the molecule is CO[C@@H]1C(O[Si](C)(C)C(C)(C)C)CCC2(CC2)[C@H]1[C@@]1(C)O[C@@H]1CC=C(C)C. The summed E-state index contributed by atoms with van der Waals surface area (Å²) in [5.41, 5.74) is 1.75. The molecule has 1 unspecified atom stereocenters. The Hall–Kier alpha value is -0.163. The van der Waals surface area contributed by atoms with Crippen LogP contribution in [-0.4, -0.2) is 39.3 Å². The average molecular weight is 395 g/mol. The van der Waals surface area contributed by atoms with E-state index in [0.717, 1.165) is 12.8 Å². The lowest BCUT2D eigenvalue weighted by molar-refractivity contribution is -0.111. The van der Waals surface area contributed by atoms with Gasteiger partial charge in [-0.05, 0) is 76.4 Å². The number of allylic oxidation sites excluding steroid dienone is 1. The van der Waals surface area contributed by atoms with E-state index in [2.05, 4.69) is 60.7 Å². The van der Waals surface area contributed by atoms with E-state index in [1.165, 1.54) is 24.8 Å². The van der Waals surface area contributed by atoms with Crippen molar-refractivity contribution in [1.29, 1.82) is 0 Å². The zero-order chi connectivity index (χ0) is 20.3. The van der Waals surface area contributed by atoms with Crippen LogP contribution in [0.3, 0.4) is 0 Å². The Morgan fingerprint density at radius 3 is 2.30 bits per heavy atom. The molecule has 0 amide bonds. The van der Waals surface area contributed by atoms with Gasteiger partial charge in [0, 0.05) is 13.0 Å². The third-order valence-electron chi connectivity index (χ3n) is 8.03. The van der Waals surface area contributed by atoms with E-state index in [1.54, 1.807) is 0 Å². The molecule has 2 aliphatic carbocycles. The molecule has 0 radical (unpaired) electrons. The van der Waals surface area contributed by atoms with Crippen molar-refractivity contribution in [1.82, 2.24) is 0 Å². The lowest BCUT2D eigenvalue weighted by Gasteiger charge is -2.49. The van der Waals surface area contributed by atoms with Gasteiger partial charge < -0.3 is 13.9 Å². The summed E-state index contributed by atoms with van der Waals surface area (Å²) in [5, 5.41) is 0.224. The van der Waals surface area contributed by atoms with Gasteiger partial charge in [0.15, 0.2) is 8.32 Å². The first-order valence-electron chi connectivity index (χ1n) is 10.9. The largest absolute Gasteiger partial charge is 0.411 e. The molecule has 1 aliphatic heterocycles. The first kappa shape index (κ1) is 21.5. The number of rotatable bonds is 6. The van der Waals surface area contributed by atoms with Gasteiger partial charge in [-0.25, -0.2) is 0 Å². The molecular weight excluding hydrogens is 352 g/mol. The molecule has 156 valence electrons. The third kappa shape index (κ3) is 3.97. The number of ether oxygens (including phenoxy) is 2. The van der Waals surface area contributed by atoms with Gasteiger partial charge in [0.1, 0.15) is 0 Å². The van der Waals surface area contributed by atoms with Crippen LogP contribution in [0.15, 0.2) is 11.6 Å². The summed E-state index contributed by atoms with van der Waals surface area (Å²) in [7, 11) is 0.0648. The van der Waals surface area contributed by atoms with Crippen molar-refractivity contribution in [3.8, 4) is 0 Å². The Balaban J connectivity index is 1.81. The summed E-state index contributed by atoms with van der Waals surface area (Å²) in [4.78, 5) is 0. The molecule has 3 rings (SSSR count). The lowest BCUT2D eigenvalue weighted by Crippen LogP contribution is -2.56. The molecule has 1 saturated heterocycles. The smallest absolute Gasteiger partial charge is 0.192 e. The molecule has 1 heterocycles. The van der Waals surface area contributed by atoms with Crippen molar-refractivity contribution in [2.75, 3.05) is 7.11 Å². The van der Waals surface area contributed by atoms with Crippen molar-refractivity contribution in [3.05, 3.63) is 11.6 Å². The molecule has 0 N–H and O–H groups in total. The maximum atomic E-state index is 6.90. The molecule has 1 spiro atoms. The molecule has 3 aliphatic rings. The fourth-order valence-corrected chi connectivity index (χ4v) is 6.47. The zero-order valence-corrected chi connectivity index (χ0v) is 20.1. The number of hydrogen-bond donors (Lipinski definition) is 0. The minimum atomic E-state index is -1.82. The maximum Gasteiger partial charge on any atom is 0.192 e. The summed E-state index contributed by atoms with van der Waals surface area (Å²) in [6.45, 7) is 18.4. The van der Waals surface area contributed by atoms with Crippen molar-refractivity contribution >= 4 is 8.32 Å². The Morgan fingerprint density at radius 2 is 1.81 bits per heavy atom. The standard InChI is InChI=1S/C23H42O3Si/c1-16(2)10-11-18-22(6,25-18)20-19(24-7)17(12-13-23(20)14-15-23)26-27(8,9)21(3,4)5/h10,17-20H,11-15H2,1-9H3/t17?,18-,19-,20-,22+/m1/s1. The van der Waals surface area contributed by atoms with Crippen LogP contribution in [-0.2, 0) is 13.9 Å². The Bertz CT molecular complexity index is 583. The van der Waals surface area contributed by atoms with Crippen molar-refractivity contribution < 1.29 is 13.9 Å². The fraction of sp³-hybridized carbons (Fsp3) is 0.913. The van der Waals surface area contributed by atoms with E-state index < -0.39 is 8.32 Å². The molecular formula is C23H42O3Si. The molecule has 0 aromatic heterocycles. The number of methoxy groups -OCH3 is 1. The second-order valence-corrected chi connectivity index (χ2v) is 16.1. The normalized spacial score (nSPS) is 38.0. The highest BCUT2D eigenvalue weighted by molar-refractivity contribution is 6.74. The van der Waals surface area contributed by atoms with Gasteiger partial charge in [-0.1, -0.05) is 32.4 Å². The summed E-state index contributed by atoms with van der Waals surface area (Å²) in [6.07, 6.45) is 9.10. The zero-order valence-electron chi connectivity index (χ0n) is 19.1. The van der Waals surface area contributed by atoms with E-state index in [-0.39, 0.29) is 22.8 Å². The van der Waals surface area contributed by atoms with E-state index in [9.17, 15) is 0 Å². The average Bonchev–Trinajstić information content (AvgIpc) is 3.44. The first-order valence-corrected chi connectivity index (χ1v) is 13.8. The van der Waals surface area contributed by atoms with Crippen LogP contribution in [0, 0.1) is 11.3 Å². The summed E-state index contributed by atoms with van der Waals surface area (Å²) >= 11 is 0. The third-order valence-corrected chi connectivity index (χ3v) is 12.5. The lowest BCUT2D eigenvalue weighted by atomic mass is 9.66. The van der Waals surface area contributed by atoms with E-state index in [1.807, 2.05) is 7.11 Å². The molecule has 0 aromatic rings. The van der Waals surface area contributed by atoms with Crippen LogP contribution < -0.4 is 0 Å². The second-order valence-electron chi connectivity index (χ2n) is 11.3. The minimum Gasteiger partial charge on any atom is -0.411 e. The van der Waals surface area contributed by atoms with Crippen molar-refractivity contribution in [2.24, 2.45) is 11.3 Å². The highest BCUT2D eigenvalue weighted by Gasteiger charge is 2.70. The van der Waals surface area contributed by atoms with Crippen LogP contribution in [0.2, 0.25) is 18.1 Å². The van der Waals surface area contributed by atoms with E-state index in [0.29, 0.717) is 17.4 Å². The topological polar surface area (TPSA) is 31.0 Å². The summed E-state index contributed by atoms with van der Waals surface area (Å²) < 4.78 is 19.5. The monoisotopic (exact) mass is 394 g/mol. The number of epoxide rings is 1. The van der Waals surface area contributed by atoms with Gasteiger partial charge in [0.05, 0.1) is 23.9 Å². The number of hydrogen-bond acceptors (Lipinski definition) is 3. The molecule has 2 saturated carbocycles. The molecule has 0 bridgehead atoms. The first-order chi connectivity index (χ1) is 12.4. The summed E-state index contributed by atoms with van der Waals surface area (Å²) in [6, 6.07) is 0. The van der Waals surface area contributed by atoms with Crippen molar-refractivity contribution in [2.45, 2.75) is 116 Å². The van der Waals surface area contributed by atoms with Gasteiger partial charge in [0.25, 0.3) is 0 Å². The molecule has 5 atom stereocenters. The molecule has 3 fully saturated rings. The molecule has 0 aromatic carbocycles. The Morgan fingerprint density at radius 1 is 1.19 bits per heavy atom. The minimum absolute atomic E-state index is 0.0570. The van der Waals surface area contributed by atoms with Crippen molar-refractivity contribution in [3.63, 3.8) is 0 Å². The molecule has 3 nitrogen and oxygen atoms in total. The fourth-order valence-electron chi connectivity index (χ4n) is 5.11. The van der Waals surface area contributed by atoms with E-state index >= 15 is 0 Å². The predicted octanol–water partition coefficient (Wildman–Crippen LogP) is 6.10.